The molecule has 0 aromatic heterocycles. The molecule has 0 aliphatic heterocycles. The maximum Gasteiger partial charge on any atom is 0.271 e. The van der Waals surface area contributed by atoms with Crippen molar-refractivity contribution < 1.29 is 15.1 Å². The highest BCUT2D eigenvalue weighted by atomic mass is 79.9. The summed E-state index contributed by atoms with van der Waals surface area (Å²) >= 11 is 3.02. The van der Waals surface area contributed by atoms with Crippen LogP contribution >= 0.6 is 15.9 Å². The molecule has 0 radical (unpaired) electrons. The first kappa shape index (κ1) is 17.9. The fourth-order valence-electron chi connectivity index (χ4n) is 2.03. The Morgan fingerprint density at radius 2 is 1.92 bits per heavy atom. The van der Waals surface area contributed by atoms with E-state index in [1.165, 1.54) is 12.3 Å². The summed E-state index contributed by atoms with van der Waals surface area (Å²) in [4.78, 5) is 14.4. The van der Waals surface area contributed by atoms with Crippen molar-refractivity contribution in [1.29, 1.82) is 0 Å². The van der Waals surface area contributed by atoms with Crippen molar-refractivity contribution in [2.75, 3.05) is 0 Å². The van der Waals surface area contributed by atoms with E-state index in [2.05, 4.69) is 20.9 Å². The van der Waals surface area contributed by atoms with Gasteiger partial charge in [0, 0.05) is 22.8 Å². The van der Waals surface area contributed by atoms with Crippen molar-refractivity contribution in [1.82, 2.24) is 0 Å². The van der Waals surface area contributed by atoms with Crippen LogP contribution in [0.1, 0.15) is 31.9 Å². The first-order valence-electron chi connectivity index (χ1n) is 7.12. The van der Waals surface area contributed by atoms with E-state index >= 15 is 0 Å². The summed E-state index contributed by atoms with van der Waals surface area (Å²) in [5, 5.41) is 32.9. The number of hydrogen-bond acceptors (Lipinski definition) is 5. The number of phenolic OH excluding ortho intramolecular Hbond substituents is 1. The highest BCUT2D eigenvalue weighted by Crippen LogP contribution is 2.34. The Balaban J connectivity index is 2.47. The van der Waals surface area contributed by atoms with Crippen molar-refractivity contribution in [3.8, 4) is 11.5 Å². The number of benzene rings is 2. The molecule has 0 aliphatic rings. The topological polar surface area (TPSA) is 98.8 Å². The summed E-state index contributed by atoms with van der Waals surface area (Å²) in [5.74, 6) is -0.438. The van der Waals surface area contributed by atoms with Crippen LogP contribution in [0.3, 0.4) is 0 Å². The molecular weight excluding hydrogens is 376 g/mol. The predicted molar refractivity (Wildman–Crippen MR) is 94.3 cm³/mol. The number of halogens is 1. The van der Waals surface area contributed by atoms with Gasteiger partial charge in [0.1, 0.15) is 11.4 Å². The summed E-state index contributed by atoms with van der Waals surface area (Å²) in [6.07, 6.45) is 1.22. The van der Waals surface area contributed by atoms with E-state index in [1.807, 2.05) is 20.8 Å². The van der Waals surface area contributed by atoms with Gasteiger partial charge in [0.2, 0.25) is 0 Å². The number of nitro groups is 1. The Morgan fingerprint density at radius 3 is 2.50 bits per heavy atom. The molecule has 2 rings (SSSR count). The largest absolute Gasteiger partial charge is 0.871 e. The second-order valence-electron chi connectivity index (χ2n) is 6.31. The van der Waals surface area contributed by atoms with Crippen LogP contribution in [0.5, 0.6) is 11.5 Å². The van der Waals surface area contributed by atoms with Gasteiger partial charge in [0.15, 0.2) is 0 Å². The zero-order chi connectivity index (χ0) is 18.1. The third-order valence-corrected chi connectivity index (χ3v) is 4.04. The number of aliphatic imine (C=N–C) groups is 1. The van der Waals surface area contributed by atoms with Crippen LogP contribution < -0.4 is 5.11 Å². The molecule has 0 atom stereocenters. The monoisotopic (exact) mass is 391 g/mol. The van der Waals surface area contributed by atoms with Gasteiger partial charge in [-0.1, -0.05) is 48.5 Å². The summed E-state index contributed by atoms with van der Waals surface area (Å²) in [5.41, 5.74) is 0.989. The molecule has 24 heavy (non-hydrogen) atoms. The molecule has 7 heteroatoms. The van der Waals surface area contributed by atoms with Gasteiger partial charge in [-0.2, -0.15) is 0 Å². The van der Waals surface area contributed by atoms with Crippen LogP contribution in [0.4, 0.5) is 11.4 Å². The third kappa shape index (κ3) is 3.91. The molecule has 6 nitrogen and oxygen atoms in total. The smallest absolute Gasteiger partial charge is 0.271 e. The number of nitro benzene ring substituents is 1. The fraction of sp³-hybridized carbons (Fsp3) is 0.235. The average Bonchev–Trinajstić information content (AvgIpc) is 2.48. The fourth-order valence-corrected chi connectivity index (χ4v) is 2.50. The maximum absolute atomic E-state index is 12.1. The van der Waals surface area contributed by atoms with E-state index in [4.69, 9.17) is 0 Å². The maximum atomic E-state index is 12.1. The lowest BCUT2D eigenvalue weighted by Crippen LogP contribution is -2.10. The van der Waals surface area contributed by atoms with Crippen LogP contribution in [-0.4, -0.2) is 16.2 Å². The molecule has 0 spiro atoms. The molecule has 126 valence electrons. The Hall–Kier alpha value is -2.41. The molecule has 0 bridgehead atoms. The molecule has 2 aromatic carbocycles. The van der Waals surface area contributed by atoms with E-state index in [-0.39, 0.29) is 26.9 Å². The quantitative estimate of drug-likeness (QED) is 0.481. The SMILES string of the molecule is CC(C)(C)c1ccc(O)c(N=Cc2cc([N+](=O)[O-])cc(Br)c2[O-])c1. The lowest BCUT2D eigenvalue weighted by Gasteiger charge is -2.19. The van der Waals surface area contributed by atoms with Gasteiger partial charge in [0.25, 0.3) is 5.69 Å². The van der Waals surface area contributed by atoms with Crippen molar-refractivity contribution >= 4 is 33.5 Å². The summed E-state index contributed by atoms with van der Waals surface area (Å²) in [6, 6.07) is 7.37. The minimum Gasteiger partial charge on any atom is -0.871 e. The highest BCUT2D eigenvalue weighted by molar-refractivity contribution is 9.10. The predicted octanol–water partition coefficient (Wildman–Crippen LogP) is 4.18. The normalized spacial score (nSPS) is 11.8. The van der Waals surface area contributed by atoms with Gasteiger partial charge in [-0.3, -0.25) is 15.1 Å². The molecule has 0 fully saturated rings. The number of nitrogens with zero attached hydrogens (tertiary/aromatic N) is 2. The minimum absolute atomic E-state index is 0.0313. The second-order valence-corrected chi connectivity index (χ2v) is 7.17. The molecule has 0 amide bonds. The van der Waals surface area contributed by atoms with Gasteiger partial charge in [-0.05, 0) is 28.7 Å². The number of phenols is 1. The zero-order valence-corrected chi connectivity index (χ0v) is 15.0. The Labute approximate surface area is 147 Å². The molecule has 0 aliphatic carbocycles. The summed E-state index contributed by atoms with van der Waals surface area (Å²) in [7, 11) is 0. The van der Waals surface area contributed by atoms with Crippen molar-refractivity contribution in [2.45, 2.75) is 26.2 Å². The van der Waals surface area contributed by atoms with E-state index in [0.29, 0.717) is 5.69 Å². The lowest BCUT2D eigenvalue weighted by atomic mass is 9.87. The van der Waals surface area contributed by atoms with Crippen molar-refractivity contribution in [3.05, 3.63) is 56.0 Å². The van der Waals surface area contributed by atoms with Crippen molar-refractivity contribution in [3.63, 3.8) is 0 Å². The van der Waals surface area contributed by atoms with Crippen LogP contribution in [0, 0.1) is 10.1 Å². The first-order chi connectivity index (χ1) is 11.1. The average molecular weight is 392 g/mol. The van der Waals surface area contributed by atoms with Crippen molar-refractivity contribution in [2.24, 2.45) is 4.99 Å². The minimum atomic E-state index is -0.584. The van der Waals surface area contributed by atoms with E-state index in [9.17, 15) is 20.3 Å². The van der Waals surface area contributed by atoms with Gasteiger partial charge in [-0.25, -0.2) is 0 Å². The van der Waals surface area contributed by atoms with Crippen LogP contribution in [0.2, 0.25) is 0 Å². The Morgan fingerprint density at radius 1 is 1.25 bits per heavy atom. The molecule has 0 saturated carbocycles. The molecule has 2 aromatic rings. The number of rotatable bonds is 3. The van der Waals surface area contributed by atoms with Gasteiger partial charge >= 0.3 is 0 Å². The van der Waals surface area contributed by atoms with Crippen LogP contribution in [-0.2, 0) is 5.41 Å². The lowest BCUT2D eigenvalue weighted by molar-refractivity contribution is -0.385. The number of hydrogen-bond donors (Lipinski definition) is 1. The molecule has 1 N–H and O–H groups in total. The number of non-ortho nitro benzene ring substituents is 1. The molecule has 0 heterocycles. The molecule has 0 unspecified atom stereocenters. The Kier molecular flexibility index (Phi) is 4.94. The summed E-state index contributed by atoms with van der Waals surface area (Å²) in [6.45, 7) is 6.08. The van der Waals surface area contributed by atoms with Gasteiger partial charge in [0.05, 0.1) is 4.92 Å². The van der Waals surface area contributed by atoms with E-state index in [1.54, 1.807) is 12.1 Å². The van der Waals surface area contributed by atoms with Crippen LogP contribution in [0.15, 0.2) is 39.8 Å². The second kappa shape index (κ2) is 6.60. The van der Waals surface area contributed by atoms with Crippen LogP contribution in [0.25, 0.3) is 0 Å². The summed E-state index contributed by atoms with van der Waals surface area (Å²) < 4.78 is 0.0887. The first-order valence-corrected chi connectivity index (χ1v) is 7.91. The molecular formula is C17H16BrN2O4-. The van der Waals surface area contributed by atoms with Gasteiger partial charge in [-0.15, -0.1) is 0 Å². The van der Waals surface area contributed by atoms with Gasteiger partial charge < -0.3 is 10.2 Å². The zero-order valence-electron chi connectivity index (χ0n) is 13.4. The van der Waals surface area contributed by atoms with E-state index in [0.717, 1.165) is 17.7 Å². The number of aromatic hydroxyl groups is 1. The standard InChI is InChI=1S/C17H17BrN2O4/c1-17(2,3)11-4-5-15(21)14(7-11)19-9-10-6-12(20(23)24)8-13(18)16(10)22/h4-9,21-22H,1-3H3/p-1. The third-order valence-electron chi connectivity index (χ3n) is 3.45. The Bertz CT molecular complexity index is 826. The molecule has 0 saturated heterocycles. The highest BCUT2D eigenvalue weighted by Gasteiger charge is 2.15. The van der Waals surface area contributed by atoms with E-state index < -0.39 is 10.7 Å².